The van der Waals surface area contributed by atoms with Gasteiger partial charge in [-0.2, -0.15) is 0 Å². The first-order valence-corrected chi connectivity index (χ1v) is 9.14. The second-order valence-electron chi connectivity index (χ2n) is 6.13. The van der Waals surface area contributed by atoms with Gasteiger partial charge in [0.15, 0.2) is 0 Å². The van der Waals surface area contributed by atoms with Gasteiger partial charge in [-0.25, -0.2) is 0 Å². The van der Waals surface area contributed by atoms with Crippen LogP contribution in [0.5, 0.6) is 0 Å². The predicted octanol–water partition coefficient (Wildman–Crippen LogP) is 3.41. The molecule has 2 nitrogen and oxygen atoms in total. The Labute approximate surface area is 125 Å². The van der Waals surface area contributed by atoms with Gasteiger partial charge in [0.1, 0.15) is 0 Å². The van der Waals surface area contributed by atoms with E-state index in [1.54, 1.807) is 0 Å². The highest BCUT2D eigenvalue weighted by atomic mass is 32.2. The van der Waals surface area contributed by atoms with Crippen molar-refractivity contribution in [2.45, 2.75) is 57.1 Å². The third-order valence-corrected chi connectivity index (χ3v) is 6.06. The van der Waals surface area contributed by atoms with E-state index >= 15 is 0 Å². The van der Waals surface area contributed by atoms with Crippen LogP contribution in [0.25, 0.3) is 0 Å². The van der Waals surface area contributed by atoms with Crippen LogP contribution in [0.3, 0.4) is 0 Å². The lowest BCUT2D eigenvalue weighted by Crippen LogP contribution is -2.46. The van der Waals surface area contributed by atoms with Gasteiger partial charge in [0, 0.05) is 22.6 Å². The summed E-state index contributed by atoms with van der Waals surface area (Å²) < 4.78 is 12.8. The van der Waals surface area contributed by atoms with Crippen molar-refractivity contribution < 1.29 is 4.21 Å². The minimum absolute atomic E-state index is 0.305. The monoisotopic (exact) mass is 293 g/mol. The van der Waals surface area contributed by atoms with Crippen molar-refractivity contribution in [2.75, 3.05) is 6.54 Å². The van der Waals surface area contributed by atoms with Gasteiger partial charge < -0.3 is 5.32 Å². The molecule has 4 unspecified atom stereocenters. The molecule has 1 N–H and O–H groups in total. The summed E-state index contributed by atoms with van der Waals surface area (Å²) in [6.45, 7) is 7.49. The maximum absolute atomic E-state index is 12.8. The quantitative estimate of drug-likeness (QED) is 0.901. The van der Waals surface area contributed by atoms with E-state index < -0.39 is 10.8 Å². The molecule has 0 heterocycles. The van der Waals surface area contributed by atoms with Crippen LogP contribution in [0.15, 0.2) is 24.3 Å². The van der Waals surface area contributed by atoms with Gasteiger partial charge in [-0.3, -0.25) is 4.21 Å². The molecule has 0 aromatic heterocycles. The summed E-state index contributed by atoms with van der Waals surface area (Å²) in [5.41, 5.74) is 2.46. The fraction of sp³-hybridized carbons (Fsp3) is 0.647. The number of benzene rings is 1. The highest BCUT2D eigenvalue weighted by Gasteiger charge is 2.32. The average molecular weight is 293 g/mol. The standard InChI is InChI=1S/C17H27NOS/c1-4-18-16-9-8-14(3)11-17(16)20(19)12-15-7-5-6-13(2)10-15/h5-7,10,14,16-18H,4,8-9,11-12H2,1-3H3. The Balaban J connectivity index is 2.05. The second-order valence-corrected chi connectivity index (χ2v) is 7.79. The molecule has 1 aromatic carbocycles. The summed E-state index contributed by atoms with van der Waals surface area (Å²) in [4.78, 5) is 0. The average Bonchev–Trinajstić information content (AvgIpc) is 2.41. The number of rotatable bonds is 5. The van der Waals surface area contributed by atoms with Crippen LogP contribution >= 0.6 is 0 Å². The lowest BCUT2D eigenvalue weighted by Gasteiger charge is -2.34. The number of hydrogen-bond donors (Lipinski definition) is 1. The second kappa shape index (κ2) is 7.37. The Morgan fingerprint density at radius 1 is 1.35 bits per heavy atom. The van der Waals surface area contributed by atoms with Crippen LogP contribution in [-0.4, -0.2) is 22.0 Å². The maximum atomic E-state index is 12.8. The van der Waals surface area contributed by atoms with Gasteiger partial charge in [0.2, 0.25) is 0 Å². The van der Waals surface area contributed by atoms with E-state index in [1.165, 1.54) is 24.0 Å². The van der Waals surface area contributed by atoms with Crippen LogP contribution in [0.2, 0.25) is 0 Å². The summed E-state index contributed by atoms with van der Waals surface area (Å²) in [7, 11) is -0.780. The first kappa shape index (κ1) is 15.7. The fourth-order valence-corrected chi connectivity index (χ4v) is 5.05. The van der Waals surface area contributed by atoms with E-state index in [-0.39, 0.29) is 0 Å². The largest absolute Gasteiger partial charge is 0.313 e. The molecule has 0 aliphatic heterocycles. The zero-order valence-corrected chi connectivity index (χ0v) is 13.7. The smallest absolute Gasteiger partial charge is 0.0507 e. The molecule has 0 bridgehead atoms. The van der Waals surface area contributed by atoms with E-state index in [9.17, 15) is 4.21 Å². The summed E-state index contributed by atoms with van der Waals surface area (Å²) in [5.74, 6) is 1.40. The molecule has 112 valence electrons. The predicted molar refractivity (Wildman–Crippen MR) is 87.3 cm³/mol. The van der Waals surface area contributed by atoms with Gasteiger partial charge >= 0.3 is 0 Å². The van der Waals surface area contributed by atoms with E-state index in [1.807, 2.05) is 0 Å². The molecule has 3 heteroatoms. The summed E-state index contributed by atoms with van der Waals surface area (Å²) in [5, 5.41) is 3.84. The zero-order chi connectivity index (χ0) is 14.5. The van der Waals surface area contributed by atoms with Gasteiger partial charge in [0.25, 0.3) is 0 Å². The van der Waals surface area contributed by atoms with Gasteiger partial charge in [-0.05, 0) is 44.2 Å². The van der Waals surface area contributed by atoms with E-state index in [0.29, 0.717) is 23.0 Å². The van der Waals surface area contributed by atoms with Crippen molar-refractivity contribution in [3.8, 4) is 0 Å². The molecular weight excluding hydrogens is 266 g/mol. The first-order chi connectivity index (χ1) is 9.60. The molecule has 0 amide bonds. The Kier molecular flexibility index (Phi) is 5.79. The highest BCUT2D eigenvalue weighted by molar-refractivity contribution is 7.84. The molecule has 4 atom stereocenters. The lowest BCUT2D eigenvalue weighted by atomic mass is 9.87. The number of nitrogens with one attached hydrogen (secondary N) is 1. The Morgan fingerprint density at radius 3 is 2.85 bits per heavy atom. The molecule has 1 aromatic rings. The molecule has 2 rings (SSSR count). The van der Waals surface area contributed by atoms with Gasteiger partial charge in [-0.15, -0.1) is 0 Å². The minimum atomic E-state index is -0.780. The van der Waals surface area contributed by atoms with E-state index in [4.69, 9.17) is 0 Å². The van der Waals surface area contributed by atoms with E-state index in [0.717, 1.165) is 13.0 Å². The van der Waals surface area contributed by atoms with Crippen LogP contribution < -0.4 is 5.32 Å². The topological polar surface area (TPSA) is 29.1 Å². The summed E-state index contributed by atoms with van der Waals surface area (Å²) >= 11 is 0. The Bertz CT molecular complexity index is 460. The van der Waals surface area contributed by atoms with Crippen LogP contribution in [0, 0.1) is 12.8 Å². The van der Waals surface area contributed by atoms with Crippen molar-refractivity contribution in [3.63, 3.8) is 0 Å². The zero-order valence-electron chi connectivity index (χ0n) is 12.9. The first-order valence-electron chi connectivity index (χ1n) is 7.76. The van der Waals surface area contributed by atoms with Crippen LogP contribution in [0.1, 0.15) is 44.2 Å². The van der Waals surface area contributed by atoms with Gasteiger partial charge in [-0.1, -0.05) is 43.7 Å². The summed E-state index contributed by atoms with van der Waals surface area (Å²) in [6, 6.07) is 8.84. The molecule has 1 saturated carbocycles. The maximum Gasteiger partial charge on any atom is 0.0507 e. The van der Waals surface area contributed by atoms with Crippen LogP contribution in [0.4, 0.5) is 0 Å². The molecule has 0 spiro atoms. The SMILES string of the molecule is CCNC1CCC(C)CC1S(=O)Cc1cccc(C)c1. The molecule has 20 heavy (non-hydrogen) atoms. The molecule has 1 aliphatic carbocycles. The highest BCUT2D eigenvalue weighted by Crippen LogP contribution is 2.28. The Hall–Kier alpha value is -0.670. The van der Waals surface area contributed by atoms with Crippen molar-refractivity contribution in [1.29, 1.82) is 0 Å². The van der Waals surface area contributed by atoms with Crippen molar-refractivity contribution in [1.82, 2.24) is 5.32 Å². The molecule has 1 aliphatic rings. The minimum Gasteiger partial charge on any atom is -0.313 e. The third kappa shape index (κ3) is 4.16. The number of aryl methyl sites for hydroxylation is 1. The van der Waals surface area contributed by atoms with E-state index in [2.05, 4.69) is 50.4 Å². The molecule has 0 saturated heterocycles. The third-order valence-electron chi connectivity index (χ3n) is 4.25. The number of hydrogen-bond acceptors (Lipinski definition) is 2. The Morgan fingerprint density at radius 2 is 2.15 bits per heavy atom. The molecular formula is C17H27NOS. The van der Waals surface area contributed by atoms with Crippen molar-refractivity contribution in [2.24, 2.45) is 5.92 Å². The van der Waals surface area contributed by atoms with Crippen LogP contribution in [-0.2, 0) is 16.6 Å². The van der Waals surface area contributed by atoms with Gasteiger partial charge in [0.05, 0.1) is 5.25 Å². The summed E-state index contributed by atoms with van der Waals surface area (Å²) in [6.07, 6.45) is 3.52. The van der Waals surface area contributed by atoms with Crippen molar-refractivity contribution in [3.05, 3.63) is 35.4 Å². The fourth-order valence-electron chi connectivity index (χ4n) is 3.19. The lowest BCUT2D eigenvalue weighted by molar-refractivity contribution is 0.316. The normalized spacial score (nSPS) is 28.2. The molecule has 1 fully saturated rings. The van der Waals surface area contributed by atoms with Crippen molar-refractivity contribution >= 4 is 10.8 Å². The molecule has 0 radical (unpaired) electrons.